The molecular weight excluding hydrogens is 266 g/mol. The Morgan fingerprint density at radius 1 is 1.24 bits per heavy atom. The average Bonchev–Trinajstić information content (AvgIpc) is 3.11. The van der Waals surface area contributed by atoms with Crippen LogP contribution in [0.25, 0.3) is 5.69 Å². The maximum absolute atomic E-state index is 11.9. The van der Waals surface area contributed by atoms with Crippen LogP contribution in [0.1, 0.15) is 11.3 Å². The van der Waals surface area contributed by atoms with Crippen LogP contribution >= 0.6 is 0 Å². The number of carbonyl (C=O) groups is 1. The van der Waals surface area contributed by atoms with Gasteiger partial charge in [-0.05, 0) is 36.8 Å². The summed E-state index contributed by atoms with van der Waals surface area (Å²) in [6.07, 6.45) is 4.26. The molecular formula is C16H15N3O2. The van der Waals surface area contributed by atoms with Gasteiger partial charge in [0.05, 0.1) is 6.42 Å². The first-order valence-corrected chi connectivity index (χ1v) is 6.66. The summed E-state index contributed by atoms with van der Waals surface area (Å²) in [5.74, 6) is 1.000. The first-order chi connectivity index (χ1) is 10.2. The molecule has 106 valence electrons. The molecule has 0 fully saturated rings. The average molecular weight is 281 g/mol. The van der Waals surface area contributed by atoms with E-state index < -0.39 is 0 Å². The predicted octanol–water partition coefficient (Wildman–Crippen LogP) is 2.95. The van der Waals surface area contributed by atoms with E-state index in [1.54, 1.807) is 13.0 Å². The second-order valence-electron chi connectivity index (χ2n) is 4.80. The highest BCUT2D eigenvalue weighted by atomic mass is 16.5. The number of aryl methyl sites for hydroxylation is 1. The minimum absolute atomic E-state index is 0.114. The van der Waals surface area contributed by atoms with Gasteiger partial charge in [0, 0.05) is 24.1 Å². The molecule has 0 spiro atoms. The molecule has 1 N–H and O–H groups in total. The second-order valence-corrected chi connectivity index (χ2v) is 4.80. The number of hydrogen-bond acceptors (Lipinski definition) is 3. The monoisotopic (exact) mass is 281 g/mol. The van der Waals surface area contributed by atoms with Crippen LogP contribution in [-0.2, 0) is 11.2 Å². The van der Waals surface area contributed by atoms with Crippen molar-refractivity contribution >= 4 is 11.7 Å². The Morgan fingerprint density at radius 2 is 1.95 bits per heavy atom. The van der Waals surface area contributed by atoms with Crippen molar-refractivity contribution < 1.29 is 9.32 Å². The third-order valence-corrected chi connectivity index (χ3v) is 3.10. The lowest BCUT2D eigenvalue weighted by molar-refractivity contribution is -0.115. The highest BCUT2D eigenvalue weighted by Crippen LogP contribution is 2.12. The lowest BCUT2D eigenvalue weighted by Gasteiger charge is -2.05. The van der Waals surface area contributed by atoms with Crippen LogP contribution < -0.4 is 5.32 Å². The van der Waals surface area contributed by atoms with Crippen molar-refractivity contribution in [2.45, 2.75) is 13.3 Å². The van der Waals surface area contributed by atoms with Gasteiger partial charge in [0.25, 0.3) is 0 Å². The van der Waals surface area contributed by atoms with E-state index in [1.807, 2.05) is 53.4 Å². The molecule has 2 aromatic heterocycles. The minimum Gasteiger partial charge on any atom is -0.360 e. The number of amides is 1. The highest BCUT2D eigenvalue weighted by Gasteiger charge is 2.07. The molecule has 0 aliphatic rings. The lowest BCUT2D eigenvalue weighted by Crippen LogP contribution is -2.14. The van der Waals surface area contributed by atoms with Crippen molar-refractivity contribution in [2.24, 2.45) is 0 Å². The van der Waals surface area contributed by atoms with E-state index in [0.29, 0.717) is 18.0 Å². The Hall–Kier alpha value is -2.82. The molecule has 0 saturated heterocycles. The van der Waals surface area contributed by atoms with Gasteiger partial charge >= 0.3 is 0 Å². The molecule has 5 nitrogen and oxygen atoms in total. The number of nitrogens with zero attached hydrogens (tertiary/aromatic N) is 2. The summed E-state index contributed by atoms with van der Waals surface area (Å²) < 4.78 is 6.92. The maximum Gasteiger partial charge on any atom is 0.230 e. The molecule has 0 atom stereocenters. The molecule has 3 rings (SSSR count). The van der Waals surface area contributed by atoms with Crippen LogP contribution in [0.2, 0.25) is 0 Å². The Morgan fingerprint density at radius 3 is 2.57 bits per heavy atom. The van der Waals surface area contributed by atoms with Crippen LogP contribution in [0.3, 0.4) is 0 Å². The van der Waals surface area contributed by atoms with Gasteiger partial charge in [-0.15, -0.1) is 0 Å². The lowest BCUT2D eigenvalue weighted by atomic mass is 10.1. The summed E-state index contributed by atoms with van der Waals surface area (Å²) in [6.45, 7) is 1.78. The first-order valence-electron chi connectivity index (χ1n) is 6.66. The molecule has 0 aliphatic carbocycles. The zero-order chi connectivity index (χ0) is 14.7. The molecule has 0 radical (unpaired) electrons. The normalized spacial score (nSPS) is 10.5. The smallest absolute Gasteiger partial charge is 0.230 e. The Balaban J connectivity index is 1.63. The van der Waals surface area contributed by atoms with Crippen LogP contribution in [0.4, 0.5) is 5.82 Å². The summed E-state index contributed by atoms with van der Waals surface area (Å²) in [5, 5.41) is 6.44. The van der Waals surface area contributed by atoms with Gasteiger partial charge in [-0.1, -0.05) is 17.3 Å². The van der Waals surface area contributed by atoms with Gasteiger partial charge in [0.2, 0.25) is 5.91 Å². The van der Waals surface area contributed by atoms with Crippen molar-refractivity contribution in [1.29, 1.82) is 0 Å². The quantitative estimate of drug-likeness (QED) is 0.799. The SMILES string of the molecule is Cc1cc(NC(=O)Cc2ccc(-n3cccc3)cc2)no1. The molecule has 0 aliphatic heterocycles. The fraction of sp³-hybridized carbons (Fsp3) is 0.125. The molecule has 0 saturated carbocycles. The third kappa shape index (κ3) is 3.20. The number of aromatic nitrogens is 2. The van der Waals surface area contributed by atoms with E-state index in [4.69, 9.17) is 4.52 Å². The van der Waals surface area contributed by atoms with Gasteiger partial charge in [-0.2, -0.15) is 0 Å². The fourth-order valence-corrected chi connectivity index (χ4v) is 2.09. The molecule has 0 bridgehead atoms. The molecule has 21 heavy (non-hydrogen) atoms. The van der Waals surface area contributed by atoms with E-state index in [1.165, 1.54) is 0 Å². The largest absolute Gasteiger partial charge is 0.360 e. The Kier molecular flexibility index (Phi) is 3.55. The van der Waals surface area contributed by atoms with E-state index >= 15 is 0 Å². The second kappa shape index (κ2) is 5.66. The predicted molar refractivity (Wildman–Crippen MR) is 79.3 cm³/mol. The van der Waals surface area contributed by atoms with Crippen molar-refractivity contribution in [3.8, 4) is 5.69 Å². The van der Waals surface area contributed by atoms with Crippen molar-refractivity contribution in [2.75, 3.05) is 5.32 Å². The Bertz CT molecular complexity index is 727. The number of anilines is 1. The number of hydrogen-bond donors (Lipinski definition) is 1. The van der Waals surface area contributed by atoms with E-state index in [0.717, 1.165) is 11.3 Å². The molecule has 2 heterocycles. The fourth-order valence-electron chi connectivity index (χ4n) is 2.09. The van der Waals surface area contributed by atoms with Crippen LogP contribution in [0.15, 0.2) is 59.4 Å². The van der Waals surface area contributed by atoms with Gasteiger partial charge in [-0.3, -0.25) is 4.79 Å². The molecule has 1 aromatic carbocycles. The number of carbonyl (C=O) groups excluding carboxylic acids is 1. The van der Waals surface area contributed by atoms with E-state index in [-0.39, 0.29) is 5.91 Å². The summed E-state index contributed by atoms with van der Waals surface area (Å²) >= 11 is 0. The maximum atomic E-state index is 11.9. The van der Waals surface area contributed by atoms with E-state index in [2.05, 4.69) is 10.5 Å². The third-order valence-electron chi connectivity index (χ3n) is 3.10. The number of nitrogens with one attached hydrogen (secondary N) is 1. The summed E-state index contributed by atoms with van der Waals surface area (Å²) in [7, 11) is 0. The zero-order valence-corrected chi connectivity index (χ0v) is 11.6. The number of benzene rings is 1. The molecule has 0 unspecified atom stereocenters. The number of rotatable bonds is 4. The zero-order valence-electron chi connectivity index (χ0n) is 11.6. The van der Waals surface area contributed by atoms with Gasteiger partial charge < -0.3 is 14.4 Å². The standard InChI is InChI=1S/C16H15N3O2/c1-12-10-15(18-21-12)17-16(20)11-13-4-6-14(7-5-13)19-8-2-3-9-19/h2-10H,11H2,1H3,(H,17,18,20). The van der Waals surface area contributed by atoms with E-state index in [9.17, 15) is 4.79 Å². The van der Waals surface area contributed by atoms with Crippen molar-refractivity contribution in [3.05, 3.63) is 66.2 Å². The van der Waals surface area contributed by atoms with Gasteiger partial charge in [0.1, 0.15) is 5.76 Å². The Labute approximate surface area is 122 Å². The molecule has 5 heteroatoms. The summed E-state index contributed by atoms with van der Waals surface area (Å²) in [6, 6.07) is 13.5. The molecule has 1 amide bonds. The highest BCUT2D eigenvalue weighted by molar-refractivity contribution is 5.91. The van der Waals surface area contributed by atoms with Crippen LogP contribution in [0, 0.1) is 6.92 Å². The van der Waals surface area contributed by atoms with Crippen molar-refractivity contribution in [3.63, 3.8) is 0 Å². The van der Waals surface area contributed by atoms with Crippen LogP contribution in [0.5, 0.6) is 0 Å². The minimum atomic E-state index is -0.114. The van der Waals surface area contributed by atoms with Crippen LogP contribution in [-0.4, -0.2) is 15.6 Å². The van der Waals surface area contributed by atoms with Gasteiger partial charge in [0.15, 0.2) is 5.82 Å². The summed E-state index contributed by atoms with van der Waals surface area (Å²) in [4.78, 5) is 11.9. The topological polar surface area (TPSA) is 60.1 Å². The van der Waals surface area contributed by atoms with Crippen molar-refractivity contribution in [1.82, 2.24) is 9.72 Å². The molecule has 3 aromatic rings. The summed E-state index contributed by atoms with van der Waals surface area (Å²) in [5.41, 5.74) is 2.01. The van der Waals surface area contributed by atoms with Gasteiger partial charge in [-0.25, -0.2) is 0 Å². The first kappa shape index (κ1) is 13.2.